The fourth-order valence-corrected chi connectivity index (χ4v) is 4.17. The molecule has 1 aliphatic rings. The second-order valence-corrected chi connectivity index (χ2v) is 8.04. The largest absolute Gasteiger partial charge is 0.492 e. The summed E-state index contributed by atoms with van der Waals surface area (Å²) in [6, 6.07) is 21.4. The van der Waals surface area contributed by atoms with Gasteiger partial charge in [0.1, 0.15) is 5.75 Å². The minimum Gasteiger partial charge on any atom is -0.492 e. The summed E-state index contributed by atoms with van der Waals surface area (Å²) in [5, 5.41) is 8.19. The first kappa shape index (κ1) is 21.8. The van der Waals surface area contributed by atoms with Gasteiger partial charge in [-0.15, -0.1) is 0 Å². The first-order valence-electron chi connectivity index (χ1n) is 11.2. The van der Waals surface area contributed by atoms with E-state index < -0.39 is 0 Å². The van der Waals surface area contributed by atoms with Crippen molar-refractivity contribution in [2.75, 3.05) is 36.9 Å². The van der Waals surface area contributed by atoms with E-state index in [1.54, 1.807) is 0 Å². The Hall–Kier alpha value is -3.38. The molecule has 6 heteroatoms. The van der Waals surface area contributed by atoms with E-state index in [1.165, 1.54) is 0 Å². The molecule has 32 heavy (non-hydrogen) atoms. The third-order valence-electron chi connectivity index (χ3n) is 5.83. The standard InChI is InChI=1S/C26H29N3O3/c1-2-32-24-13-6-5-11-23(24)28-26(31)20-14-16-29(17-15-20)18-25(30)27-22-12-7-9-19-8-3-4-10-21(19)22/h3-13,20H,2,14-18H2,1H3,(H,27,30)(H,28,31). The highest BCUT2D eigenvalue weighted by molar-refractivity contribution is 6.02. The van der Waals surface area contributed by atoms with Crippen molar-refractivity contribution in [1.82, 2.24) is 4.90 Å². The highest BCUT2D eigenvalue weighted by Crippen LogP contribution is 2.26. The molecule has 1 aliphatic heterocycles. The van der Waals surface area contributed by atoms with Crippen LogP contribution in [0.4, 0.5) is 11.4 Å². The number of likely N-dealkylation sites (tertiary alicyclic amines) is 1. The summed E-state index contributed by atoms with van der Waals surface area (Å²) in [5.41, 5.74) is 1.53. The molecule has 166 valence electrons. The Bertz CT molecular complexity index is 1090. The first-order chi connectivity index (χ1) is 15.6. The minimum atomic E-state index is -0.0675. The van der Waals surface area contributed by atoms with Gasteiger partial charge in [0.15, 0.2) is 0 Å². The molecule has 1 saturated heterocycles. The number of nitrogens with one attached hydrogen (secondary N) is 2. The van der Waals surface area contributed by atoms with Gasteiger partial charge in [-0.2, -0.15) is 0 Å². The van der Waals surface area contributed by atoms with Crippen molar-refractivity contribution in [2.45, 2.75) is 19.8 Å². The first-order valence-corrected chi connectivity index (χ1v) is 11.2. The number of carbonyl (C=O) groups is 2. The Morgan fingerprint density at radius 1 is 0.906 bits per heavy atom. The van der Waals surface area contributed by atoms with Crippen LogP contribution in [-0.2, 0) is 9.59 Å². The van der Waals surface area contributed by atoms with Crippen LogP contribution < -0.4 is 15.4 Å². The summed E-state index contributed by atoms with van der Waals surface area (Å²) in [6.07, 6.45) is 1.45. The van der Waals surface area contributed by atoms with Gasteiger partial charge in [-0.05, 0) is 56.4 Å². The molecule has 4 rings (SSSR count). The molecule has 0 spiro atoms. The maximum Gasteiger partial charge on any atom is 0.238 e. The molecule has 0 aliphatic carbocycles. The third kappa shape index (κ3) is 5.26. The molecule has 0 saturated carbocycles. The van der Waals surface area contributed by atoms with Gasteiger partial charge in [-0.1, -0.05) is 48.5 Å². The molecule has 3 aromatic carbocycles. The predicted molar refractivity (Wildman–Crippen MR) is 128 cm³/mol. The van der Waals surface area contributed by atoms with E-state index in [4.69, 9.17) is 4.74 Å². The van der Waals surface area contributed by atoms with E-state index in [-0.39, 0.29) is 17.7 Å². The lowest BCUT2D eigenvalue weighted by atomic mass is 9.95. The van der Waals surface area contributed by atoms with E-state index in [0.717, 1.165) is 29.3 Å². The molecule has 0 unspecified atom stereocenters. The summed E-state index contributed by atoms with van der Waals surface area (Å²) in [4.78, 5) is 27.5. The van der Waals surface area contributed by atoms with Crippen LogP contribution in [-0.4, -0.2) is 43.0 Å². The van der Waals surface area contributed by atoms with Crippen molar-refractivity contribution in [3.8, 4) is 5.75 Å². The molecule has 0 aromatic heterocycles. The van der Waals surface area contributed by atoms with Gasteiger partial charge in [0.2, 0.25) is 11.8 Å². The van der Waals surface area contributed by atoms with Crippen molar-refractivity contribution in [3.05, 3.63) is 66.7 Å². The SMILES string of the molecule is CCOc1ccccc1NC(=O)C1CCN(CC(=O)Nc2cccc3ccccc23)CC1. The molecule has 0 atom stereocenters. The number of amides is 2. The number of hydrogen-bond donors (Lipinski definition) is 2. The smallest absolute Gasteiger partial charge is 0.238 e. The molecular weight excluding hydrogens is 402 g/mol. The molecule has 3 aromatic rings. The molecular formula is C26H29N3O3. The van der Waals surface area contributed by atoms with Crippen molar-refractivity contribution in [1.29, 1.82) is 0 Å². The van der Waals surface area contributed by atoms with Crippen LogP contribution in [0.5, 0.6) is 5.75 Å². The lowest BCUT2D eigenvalue weighted by Crippen LogP contribution is -2.41. The van der Waals surface area contributed by atoms with E-state index in [0.29, 0.717) is 37.7 Å². The molecule has 2 amide bonds. The normalized spacial score (nSPS) is 14.8. The number of anilines is 2. The van der Waals surface area contributed by atoms with Gasteiger partial charge in [-0.25, -0.2) is 0 Å². The predicted octanol–water partition coefficient (Wildman–Crippen LogP) is 4.53. The Labute approximate surface area is 188 Å². The lowest BCUT2D eigenvalue weighted by Gasteiger charge is -2.30. The zero-order valence-corrected chi connectivity index (χ0v) is 18.3. The van der Waals surface area contributed by atoms with Crippen LogP contribution in [0.1, 0.15) is 19.8 Å². The van der Waals surface area contributed by atoms with Crippen molar-refractivity contribution in [2.24, 2.45) is 5.92 Å². The van der Waals surface area contributed by atoms with E-state index >= 15 is 0 Å². The Morgan fingerprint density at radius 2 is 1.59 bits per heavy atom. The van der Waals surface area contributed by atoms with Gasteiger partial charge in [0, 0.05) is 17.0 Å². The van der Waals surface area contributed by atoms with Crippen LogP contribution in [0.2, 0.25) is 0 Å². The van der Waals surface area contributed by atoms with Crippen LogP contribution in [0, 0.1) is 5.92 Å². The lowest BCUT2D eigenvalue weighted by molar-refractivity contribution is -0.121. The Morgan fingerprint density at radius 3 is 2.41 bits per heavy atom. The van der Waals surface area contributed by atoms with Gasteiger partial charge in [0.05, 0.1) is 18.8 Å². The highest BCUT2D eigenvalue weighted by atomic mass is 16.5. The second-order valence-electron chi connectivity index (χ2n) is 8.04. The number of fused-ring (bicyclic) bond motifs is 1. The molecule has 2 N–H and O–H groups in total. The minimum absolute atomic E-state index is 0.0111. The van der Waals surface area contributed by atoms with Crippen molar-refractivity contribution < 1.29 is 14.3 Å². The van der Waals surface area contributed by atoms with Gasteiger partial charge >= 0.3 is 0 Å². The monoisotopic (exact) mass is 431 g/mol. The maximum atomic E-state index is 12.8. The zero-order chi connectivity index (χ0) is 22.3. The average Bonchev–Trinajstić information content (AvgIpc) is 2.81. The van der Waals surface area contributed by atoms with Crippen LogP contribution >= 0.6 is 0 Å². The fourth-order valence-electron chi connectivity index (χ4n) is 4.17. The summed E-state index contributed by atoms with van der Waals surface area (Å²) >= 11 is 0. The summed E-state index contributed by atoms with van der Waals surface area (Å²) in [7, 11) is 0. The number of piperidine rings is 1. The number of hydrogen-bond acceptors (Lipinski definition) is 4. The number of ether oxygens (including phenoxy) is 1. The van der Waals surface area contributed by atoms with Crippen molar-refractivity contribution >= 4 is 34.0 Å². The van der Waals surface area contributed by atoms with Crippen LogP contribution in [0.3, 0.4) is 0 Å². The average molecular weight is 432 g/mol. The Balaban J connectivity index is 1.28. The summed E-state index contributed by atoms with van der Waals surface area (Å²) in [5.74, 6) is 0.597. The van der Waals surface area contributed by atoms with Crippen LogP contribution in [0.25, 0.3) is 10.8 Å². The number of carbonyl (C=O) groups excluding carboxylic acids is 2. The molecule has 1 heterocycles. The maximum absolute atomic E-state index is 12.8. The van der Waals surface area contributed by atoms with Gasteiger partial charge < -0.3 is 15.4 Å². The van der Waals surface area contributed by atoms with E-state index in [9.17, 15) is 9.59 Å². The van der Waals surface area contributed by atoms with E-state index in [2.05, 4.69) is 15.5 Å². The fraction of sp³-hybridized carbons (Fsp3) is 0.308. The highest BCUT2D eigenvalue weighted by Gasteiger charge is 2.26. The number of rotatable bonds is 7. The quantitative estimate of drug-likeness (QED) is 0.577. The number of para-hydroxylation sites is 2. The van der Waals surface area contributed by atoms with Gasteiger partial charge in [-0.3, -0.25) is 14.5 Å². The second kappa shape index (κ2) is 10.3. The molecule has 0 radical (unpaired) electrons. The number of nitrogens with zero attached hydrogens (tertiary/aromatic N) is 1. The topological polar surface area (TPSA) is 70.7 Å². The molecule has 0 bridgehead atoms. The number of benzene rings is 3. The van der Waals surface area contributed by atoms with Crippen molar-refractivity contribution in [3.63, 3.8) is 0 Å². The summed E-state index contributed by atoms with van der Waals surface area (Å²) < 4.78 is 5.59. The Kier molecular flexibility index (Phi) is 7.02. The van der Waals surface area contributed by atoms with E-state index in [1.807, 2.05) is 73.7 Å². The van der Waals surface area contributed by atoms with Gasteiger partial charge in [0.25, 0.3) is 0 Å². The third-order valence-corrected chi connectivity index (χ3v) is 5.83. The van der Waals surface area contributed by atoms with Crippen LogP contribution in [0.15, 0.2) is 66.7 Å². The molecule has 6 nitrogen and oxygen atoms in total. The zero-order valence-electron chi connectivity index (χ0n) is 18.3. The summed E-state index contributed by atoms with van der Waals surface area (Å²) in [6.45, 7) is 4.23. The molecule has 1 fully saturated rings.